The second kappa shape index (κ2) is 5.94. The molecule has 2 aromatic rings. The Morgan fingerprint density at radius 1 is 1.28 bits per heavy atom. The Labute approximate surface area is 148 Å². The first-order chi connectivity index (χ1) is 11.6. The number of carbonyl (C=O) groups is 1. The van der Waals surface area contributed by atoms with Crippen molar-refractivity contribution in [3.8, 4) is 0 Å². The molecule has 1 aliphatic carbocycles. The molecule has 1 N–H and O–H groups in total. The van der Waals surface area contributed by atoms with Gasteiger partial charge in [-0.2, -0.15) is 0 Å². The number of ketones is 1. The summed E-state index contributed by atoms with van der Waals surface area (Å²) in [5.74, 6) is 0.877. The average molecular weight is 338 g/mol. The van der Waals surface area contributed by atoms with Crippen LogP contribution in [0.5, 0.6) is 0 Å². The second-order valence-electron chi connectivity index (χ2n) is 8.40. The monoisotopic (exact) mass is 338 g/mol. The van der Waals surface area contributed by atoms with Gasteiger partial charge in [0.05, 0.1) is 0 Å². The third kappa shape index (κ3) is 3.44. The van der Waals surface area contributed by atoms with Crippen molar-refractivity contribution in [3.05, 3.63) is 63.3 Å². The van der Waals surface area contributed by atoms with E-state index in [2.05, 4.69) is 61.9 Å². The highest BCUT2D eigenvalue weighted by Gasteiger charge is 2.53. The molecule has 0 bridgehead atoms. The molecule has 1 aromatic carbocycles. The number of aromatic amines is 1. The molecular weight excluding hydrogens is 312 g/mol. The van der Waals surface area contributed by atoms with Crippen LogP contribution in [0.4, 0.5) is 0 Å². The Kier molecular flexibility index (Phi) is 4.18. The number of rotatable bonds is 4. The summed E-state index contributed by atoms with van der Waals surface area (Å²) in [7, 11) is 0. The normalized spacial score (nSPS) is 22.7. The number of hydrogen-bond donors (Lipinski definition) is 1. The maximum absolute atomic E-state index is 12.7. The highest BCUT2D eigenvalue weighted by Crippen LogP contribution is 2.57. The number of hydrogen-bond acceptors (Lipinski definition) is 3. The predicted molar refractivity (Wildman–Crippen MR) is 99.1 cm³/mol. The van der Waals surface area contributed by atoms with E-state index in [0.717, 1.165) is 6.42 Å². The lowest BCUT2D eigenvalue weighted by atomic mass is 9.83. The first-order valence-corrected chi connectivity index (χ1v) is 8.84. The fraction of sp³-hybridized carbons (Fsp3) is 0.476. The molecule has 0 radical (unpaired) electrons. The van der Waals surface area contributed by atoms with E-state index in [4.69, 9.17) is 0 Å². The van der Waals surface area contributed by atoms with Crippen LogP contribution in [0.15, 0.2) is 35.1 Å². The van der Waals surface area contributed by atoms with Crippen molar-refractivity contribution < 1.29 is 4.79 Å². The zero-order valence-corrected chi connectivity index (χ0v) is 15.6. The molecule has 0 aliphatic heterocycles. The van der Waals surface area contributed by atoms with Gasteiger partial charge in [0.1, 0.15) is 11.5 Å². The summed E-state index contributed by atoms with van der Waals surface area (Å²) in [4.78, 5) is 31.1. The summed E-state index contributed by atoms with van der Waals surface area (Å²) < 4.78 is 0. The summed E-state index contributed by atoms with van der Waals surface area (Å²) in [6.07, 6.45) is 1.40. The molecule has 132 valence electrons. The number of Topliss-reactive ketones (excluding diaryl/α,β-unsaturated/α-hetero) is 1. The molecule has 3 rings (SSSR count). The Morgan fingerprint density at radius 3 is 2.36 bits per heavy atom. The van der Waals surface area contributed by atoms with Gasteiger partial charge < -0.3 is 4.98 Å². The van der Waals surface area contributed by atoms with Gasteiger partial charge in [-0.15, -0.1) is 0 Å². The number of benzene rings is 1. The molecule has 4 nitrogen and oxygen atoms in total. The second-order valence-corrected chi connectivity index (χ2v) is 8.40. The molecule has 1 aromatic heterocycles. The van der Waals surface area contributed by atoms with Crippen molar-refractivity contribution in [2.45, 2.75) is 58.3 Å². The van der Waals surface area contributed by atoms with Crippen LogP contribution in [-0.4, -0.2) is 15.8 Å². The van der Waals surface area contributed by atoms with E-state index in [1.54, 1.807) is 6.92 Å². The summed E-state index contributed by atoms with van der Waals surface area (Å²) in [5, 5.41) is 0. The zero-order chi connectivity index (χ0) is 18.4. The molecule has 25 heavy (non-hydrogen) atoms. The minimum Gasteiger partial charge on any atom is -0.311 e. The van der Waals surface area contributed by atoms with Crippen molar-refractivity contribution >= 4 is 5.78 Å². The molecule has 2 atom stereocenters. The van der Waals surface area contributed by atoms with Gasteiger partial charge in [0.2, 0.25) is 0 Å². The lowest BCUT2D eigenvalue weighted by molar-refractivity contribution is 0.0962. The first-order valence-electron chi connectivity index (χ1n) is 8.84. The summed E-state index contributed by atoms with van der Waals surface area (Å²) in [6.45, 7) is 10.5. The maximum atomic E-state index is 12.7. The van der Waals surface area contributed by atoms with Crippen molar-refractivity contribution in [2.24, 2.45) is 5.92 Å². The zero-order valence-electron chi connectivity index (χ0n) is 15.6. The van der Waals surface area contributed by atoms with E-state index in [-0.39, 0.29) is 27.9 Å². The van der Waals surface area contributed by atoms with E-state index in [0.29, 0.717) is 18.2 Å². The predicted octanol–water partition coefficient (Wildman–Crippen LogP) is 3.93. The van der Waals surface area contributed by atoms with Crippen molar-refractivity contribution in [1.82, 2.24) is 9.97 Å². The Bertz CT molecular complexity index is 859. The highest BCUT2D eigenvalue weighted by atomic mass is 16.1. The van der Waals surface area contributed by atoms with Crippen LogP contribution in [0.3, 0.4) is 0 Å². The topological polar surface area (TPSA) is 62.8 Å². The van der Waals surface area contributed by atoms with Crippen LogP contribution in [0, 0.1) is 12.8 Å². The minimum absolute atomic E-state index is 0.0570. The Morgan fingerprint density at radius 2 is 1.88 bits per heavy atom. The van der Waals surface area contributed by atoms with Crippen LogP contribution in [0.1, 0.15) is 68.0 Å². The Hall–Kier alpha value is -2.23. The molecular formula is C21H26N2O2. The van der Waals surface area contributed by atoms with E-state index in [1.165, 1.54) is 17.2 Å². The van der Waals surface area contributed by atoms with Gasteiger partial charge in [-0.25, -0.2) is 4.98 Å². The van der Waals surface area contributed by atoms with Crippen LogP contribution in [0.2, 0.25) is 0 Å². The molecule has 1 saturated carbocycles. The van der Waals surface area contributed by atoms with E-state index >= 15 is 0 Å². The average Bonchev–Trinajstić information content (AvgIpc) is 3.16. The van der Waals surface area contributed by atoms with E-state index in [1.807, 2.05) is 0 Å². The quantitative estimate of drug-likeness (QED) is 0.859. The van der Waals surface area contributed by atoms with E-state index in [9.17, 15) is 9.59 Å². The van der Waals surface area contributed by atoms with Crippen molar-refractivity contribution in [1.29, 1.82) is 0 Å². The molecule has 0 amide bonds. The van der Waals surface area contributed by atoms with Crippen LogP contribution in [-0.2, 0) is 10.8 Å². The third-order valence-corrected chi connectivity index (χ3v) is 5.40. The minimum atomic E-state index is -0.275. The Balaban J connectivity index is 1.87. The van der Waals surface area contributed by atoms with Gasteiger partial charge in [0, 0.05) is 17.9 Å². The summed E-state index contributed by atoms with van der Waals surface area (Å²) >= 11 is 0. The molecule has 1 heterocycles. The van der Waals surface area contributed by atoms with E-state index < -0.39 is 0 Å². The highest BCUT2D eigenvalue weighted by molar-refractivity contribution is 5.95. The van der Waals surface area contributed by atoms with Crippen LogP contribution in [0.25, 0.3) is 0 Å². The van der Waals surface area contributed by atoms with Gasteiger partial charge in [-0.1, -0.05) is 52.0 Å². The number of aryl methyl sites for hydroxylation is 1. The first kappa shape index (κ1) is 17.6. The SMILES string of the molecule is Cc1nc(C(=O)C[C@]2(c3ccc(C(C)(C)C)cc3)C[C@H]2C)cc(=O)[nH]1. The standard InChI is InChI=1S/C21H26N2O2/c1-13-11-21(13,16-8-6-15(7-9-16)20(3,4)5)12-18(24)17-10-19(25)23-14(2)22-17/h6-10,13H,11-12H2,1-5H3,(H,22,23,25)/t13-,21-/m1/s1. The van der Waals surface area contributed by atoms with Gasteiger partial charge >= 0.3 is 0 Å². The van der Waals surface area contributed by atoms with Crippen molar-refractivity contribution in [3.63, 3.8) is 0 Å². The number of nitrogens with zero attached hydrogens (tertiary/aromatic N) is 1. The van der Waals surface area contributed by atoms with Crippen molar-refractivity contribution in [2.75, 3.05) is 0 Å². The summed E-state index contributed by atoms with van der Waals surface area (Å²) in [6, 6.07) is 9.96. The third-order valence-electron chi connectivity index (χ3n) is 5.40. The number of aromatic nitrogens is 2. The largest absolute Gasteiger partial charge is 0.311 e. The molecule has 0 saturated heterocycles. The van der Waals surface area contributed by atoms with Gasteiger partial charge in [0.25, 0.3) is 5.56 Å². The fourth-order valence-electron chi connectivity index (χ4n) is 3.64. The number of carbonyl (C=O) groups excluding carboxylic acids is 1. The maximum Gasteiger partial charge on any atom is 0.251 e. The molecule has 1 aliphatic rings. The smallest absolute Gasteiger partial charge is 0.251 e. The summed E-state index contributed by atoms with van der Waals surface area (Å²) in [5.41, 5.74) is 2.49. The van der Waals surface area contributed by atoms with Gasteiger partial charge in [-0.05, 0) is 35.8 Å². The fourth-order valence-corrected chi connectivity index (χ4v) is 3.64. The molecule has 0 unspecified atom stereocenters. The molecule has 1 fully saturated rings. The lowest BCUT2D eigenvalue weighted by Crippen LogP contribution is -2.20. The van der Waals surface area contributed by atoms with Gasteiger partial charge in [0.15, 0.2) is 5.78 Å². The lowest BCUT2D eigenvalue weighted by Gasteiger charge is -2.22. The van der Waals surface area contributed by atoms with Crippen LogP contribution >= 0.6 is 0 Å². The molecule has 4 heteroatoms. The van der Waals surface area contributed by atoms with Crippen LogP contribution < -0.4 is 5.56 Å². The number of nitrogens with one attached hydrogen (secondary N) is 1. The number of H-pyrrole nitrogens is 1. The molecule has 0 spiro atoms. The van der Waals surface area contributed by atoms with Gasteiger partial charge in [-0.3, -0.25) is 9.59 Å².